The number of hydrogen-bond donors (Lipinski definition) is 0. The van der Waals surface area contributed by atoms with Gasteiger partial charge in [0, 0.05) is 18.8 Å². The summed E-state index contributed by atoms with van der Waals surface area (Å²) in [4.78, 5) is 2.28. The van der Waals surface area contributed by atoms with Crippen molar-refractivity contribution < 1.29 is 0 Å². The van der Waals surface area contributed by atoms with E-state index >= 15 is 0 Å². The molecule has 0 fully saturated rings. The molecule has 1 heterocycles. The van der Waals surface area contributed by atoms with E-state index in [4.69, 9.17) is 0 Å². The lowest BCUT2D eigenvalue weighted by Gasteiger charge is -2.19. The molecule has 1 rings (SSSR count). The molecule has 1 aliphatic rings. The molecule has 0 aromatic carbocycles. The summed E-state index contributed by atoms with van der Waals surface area (Å²) in [7, 11) is 2.12. The molecular weight excluding hydrogens is 170 g/mol. The first-order chi connectivity index (χ1) is 6.70. The highest BCUT2D eigenvalue weighted by Gasteiger charge is 2.22. The van der Waals surface area contributed by atoms with Crippen molar-refractivity contribution in [2.45, 2.75) is 39.7 Å². The monoisotopic (exact) mass is 193 g/mol. The van der Waals surface area contributed by atoms with Crippen LogP contribution in [0.15, 0.2) is 36.6 Å². The topological polar surface area (TPSA) is 3.24 Å². The van der Waals surface area contributed by atoms with Crippen LogP contribution >= 0.6 is 0 Å². The maximum absolute atomic E-state index is 3.83. The van der Waals surface area contributed by atoms with Crippen LogP contribution in [0, 0.1) is 0 Å². The smallest absolute Gasteiger partial charge is 0.0356 e. The Balaban J connectivity index is 0.000000791. The zero-order chi connectivity index (χ0) is 11.1. The number of rotatable bonds is 3. The fourth-order valence-electron chi connectivity index (χ4n) is 1.74. The summed E-state index contributed by atoms with van der Waals surface area (Å²) in [6.45, 7) is 13.8. The van der Waals surface area contributed by atoms with E-state index in [1.165, 1.54) is 11.3 Å². The summed E-state index contributed by atoms with van der Waals surface area (Å²) < 4.78 is 0. The minimum absolute atomic E-state index is 0.618. The van der Waals surface area contributed by atoms with Gasteiger partial charge in [-0.3, -0.25) is 0 Å². The maximum Gasteiger partial charge on any atom is 0.0356 e. The molecule has 1 unspecified atom stereocenters. The minimum atomic E-state index is 0.618. The summed E-state index contributed by atoms with van der Waals surface area (Å²) in [5.41, 5.74) is 2.76. The van der Waals surface area contributed by atoms with Crippen LogP contribution in [-0.4, -0.2) is 18.0 Å². The lowest BCUT2D eigenvalue weighted by Crippen LogP contribution is -2.21. The summed E-state index contributed by atoms with van der Waals surface area (Å²) in [5, 5.41) is 0. The van der Waals surface area contributed by atoms with Gasteiger partial charge in [-0.25, -0.2) is 0 Å². The molecule has 0 aromatic heterocycles. The average molecular weight is 193 g/mol. The van der Waals surface area contributed by atoms with Crippen LogP contribution in [0.3, 0.4) is 0 Å². The van der Waals surface area contributed by atoms with Gasteiger partial charge in [-0.15, -0.1) is 6.58 Å². The molecule has 0 saturated heterocycles. The molecule has 1 aliphatic heterocycles. The van der Waals surface area contributed by atoms with Crippen LogP contribution in [0.4, 0.5) is 0 Å². The molecule has 80 valence electrons. The highest BCUT2D eigenvalue weighted by molar-refractivity contribution is 5.30. The summed E-state index contributed by atoms with van der Waals surface area (Å²) in [6.07, 6.45) is 6.06. The molecule has 0 aliphatic carbocycles. The summed E-state index contributed by atoms with van der Waals surface area (Å²) in [5.74, 6) is 0. The van der Waals surface area contributed by atoms with Gasteiger partial charge in [-0.2, -0.15) is 0 Å². The highest BCUT2D eigenvalue weighted by Crippen LogP contribution is 2.29. The highest BCUT2D eigenvalue weighted by atomic mass is 15.2. The third kappa shape index (κ3) is 2.76. The zero-order valence-corrected chi connectivity index (χ0v) is 10.0. The Morgan fingerprint density at radius 2 is 2.00 bits per heavy atom. The largest absolute Gasteiger partial charge is 0.372 e. The molecule has 1 heteroatoms. The van der Waals surface area contributed by atoms with Crippen LogP contribution in [-0.2, 0) is 0 Å². The third-order valence-corrected chi connectivity index (χ3v) is 2.53. The van der Waals surface area contributed by atoms with Crippen molar-refractivity contribution in [2.75, 3.05) is 7.05 Å². The van der Waals surface area contributed by atoms with Crippen molar-refractivity contribution in [1.29, 1.82) is 0 Å². The standard InChI is InChI=1S/C11H17N.C2H6/c1-5-7-10-8-9(3)12(4)11(10)6-2;1-2/h5-6,9H,1-2,7-8H2,3-4H3;1-2H3. The Morgan fingerprint density at radius 3 is 2.43 bits per heavy atom. The van der Waals surface area contributed by atoms with Crippen molar-refractivity contribution in [2.24, 2.45) is 0 Å². The Labute approximate surface area is 88.8 Å². The van der Waals surface area contributed by atoms with E-state index in [0.717, 1.165) is 12.8 Å². The van der Waals surface area contributed by atoms with Gasteiger partial charge in [0.25, 0.3) is 0 Å². The summed E-state index contributed by atoms with van der Waals surface area (Å²) >= 11 is 0. The normalized spacial score (nSPS) is 20.3. The minimum Gasteiger partial charge on any atom is -0.372 e. The third-order valence-electron chi connectivity index (χ3n) is 2.53. The van der Waals surface area contributed by atoms with Crippen molar-refractivity contribution >= 4 is 0 Å². The van der Waals surface area contributed by atoms with Gasteiger partial charge < -0.3 is 4.90 Å². The first kappa shape index (κ1) is 13.0. The molecule has 0 bridgehead atoms. The fourth-order valence-corrected chi connectivity index (χ4v) is 1.74. The molecule has 0 N–H and O–H groups in total. The van der Waals surface area contributed by atoms with E-state index in [0.29, 0.717) is 6.04 Å². The second-order valence-corrected chi connectivity index (χ2v) is 3.35. The van der Waals surface area contributed by atoms with Gasteiger partial charge in [0.1, 0.15) is 0 Å². The predicted octanol–water partition coefficient (Wildman–Crippen LogP) is 3.75. The molecule has 0 radical (unpaired) electrons. The van der Waals surface area contributed by atoms with Crippen molar-refractivity contribution in [1.82, 2.24) is 4.90 Å². The van der Waals surface area contributed by atoms with Crippen LogP contribution in [0.2, 0.25) is 0 Å². The van der Waals surface area contributed by atoms with Crippen molar-refractivity contribution in [3.63, 3.8) is 0 Å². The predicted molar refractivity (Wildman–Crippen MR) is 65.2 cm³/mol. The number of allylic oxidation sites excluding steroid dienone is 2. The van der Waals surface area contributed by atoms with E-state index < -0.39 is 0 Å². The maximum atomic E-state index is 3.83. The molecule has 14 heavy (non-hydrogen) atoms. The van der Waals surface area contributed by atoms with E-state index in [1.807, 2.05) is 26.0 Å². The molecular formula is C13H23N. The molecule has 1 atom stereocenters. The number of nitrogens with zero attached hydrogens (tertiary/aromatic N) is 1. The van der Waals surface area contributed by atoms with Crippen LogP contribution < -0.4 is 0 Å². The molecule has 0 amide bonds. The zero-order valence-electron chi connectivity index (χ0n) is 10.0. The van der Waals surface area contributed by atoms with E-state index in [-0.39, 0.29) is 0 Å². The van der Waals surface area contributed by atoms with Crippen LogP contribution in [0.5, 0.6) is 0 Å². The fraction of sp³-hybridized carbons (Fsp3) is 0.538. The Morgan fingerprint density at radius 1 is 1.43 bits per heavy atom. The van der Waals surface area contributed by atoms with Gasteiger partial charge in [-0.05, 0) is 31.4 Å². The molecule has 1 nitrogen and oxygen atoms in total. The first-order valence-corrected chi connectivity index (χ1v) is 5.39. The van der Waals surface area contributed by atoms with E-state index in [2.05, 4.69) is 32.0 Å². The second kappa shape index (κ2) is 6.47. The molecule has 0 saturated carbocycles. The molecule has 0 aromatic rings. The number of hydrogen-bond acceptors (Lipinski definition) is 1. The lowest BCUT2D eigenvalue weighted by atomic mass is 10.1. The van der Waals surface area contributed by atoms with Gasteiger partial charge in [0.05, 0.1) is 0 Å². The second-order valence-electron chi connectivity index (χ2n) is 3.35. The van der Waals surface area contributed by atoms with E-state index in [9.17, 15) is 0 Å². The lowest BCUT2D eigenvalue weighted by molar-refractivity contribution is 0.365. The summed E-state index contributed by atoms with van der Waals surface area (Å²) in [6, 6.07) is 0.618. The Bertz CT molecular complexity index is 225. The van der Waals surface area contributed by atoms with Crippen LogP contribution in [0.25, 0.3) is 0 Å². The Kier molecular flexibility index (Phi) is 6.02. The molecule has 0 spiro atoms. The van der Waals surface area contributed by atoms with Gasteiger partial charge in [0.15, 0.2) is 0 Å². The first-order valence-electron chi connectivity index (χ1n) is 5.39. The average Bonchev–Trinajstić information content (AvgIpc) is 2.46. The van der Waals surface area contributed by atoms with Crippen LogP contribution in [0.1, 0.15) is 33.6 Å². The van der Waals surface area contributed by atoms with Crippen molar-refractivity contribution in [3.05, 3.63) is 36.6 Å². The van der Waals surface area contributed by atoms with Gasteiger partial charge in [-0.1, -0.05) is 26.5 Å². The van der Waals surface area contributed by atoms with Gasteiger partial charge >= 0.3 is 0 Å². The Hall–Kier alpha value is -0.980. The SMILES string of the molecule is C=CCC1=C(C=C)N(C)C(C)C1.CC. The quantitative estimate of drug-likeness (QED) is 0.617. The van der Waals surface area contributed by atoms with Gasteiger partial charge in [0.2, 0.25) is 0 Å². The number of likely N-dealkylation sites (N-methyl/N-ethyl adjacent to an activating group) is 1. The van der Waals surface area contributed by atoms with Crippen molar-refractivity contribution in [3.8, 4) is 0 Å². The van der Waals surface area contributed by atoms with E-state index in [1.54, 1.807) is 0 Å².